The number of alkyl halides is 2. The third kappa shape index (κ3) is 4.35. The molecule has 0 amide bonds. The van der Waals surface area contributed by atoms with Crippen LogP contribution in [-0.2, 0) is 0 Å². The number of carboxylic acids is 1. The molecule has 0 bridgehead atoms. The van der Waals surface area contributed by atoms with Crippen LogP contribution in [0, 0.1) is 13.8 Å². The lowest BCUT2D eigenvalue weighted by molar-refractivity contribution is -0.0221. The number of anilines is 2. The summed E-state index contributed by atoms with van der Waals surface area (Å²) in [6.45, 7) is 6.22. The van der Waals surface area contributed by atoms with Gasteiger partial charge < -0.3 is 15.3 Å². The Labute approximate surface area is 185 Å². The molecule has 1 unspecified atom stereocenters. The van der Waals surface area contributed by atoms with Gasteiger partial charge in [-0.3, -0.25) is 0 Å². The predicted octanol–water partition coefficient (Wildman–Crippen LogP) is 5.35. The van der Waals surface area contributed by atoms with Gasteiger partial charge in [0, 0.05) is 37.2 Å². The van der Waals surface area contributed by atoms with E-state index in [0.717, 1.165) is 16.6 Å². The molecule has 8 heteroatoms. The van der Waals surface area contributed by atoms with Gasteiger partial charge in [-0.05, 0) is 44.5 Å². The first-order valence-electron chi connectivity index (χ1n) is 10.7. The molecule has 1 atom stereocenters. The number of fused-ring (bicyclic) bond motifs is 1. The Hall–Kier alpha value is -3.29. The normalized spacial score (nSPS) is 16.7. The van der Waals surface area contributed by atoms with Crippen LogP contribution in [0.3, 0.4) is 0 Å². The van der Waals surface area contributed by atoms with E-state index in [0.29, 0.717) is 22.7 Å². The maximum Gasteiger partial charge on any atom is 0.337 e. The molecule has 2 heterocycles. The summed E-state index contributed by atoms with van der Waals surface area (Å²) in [6.07, 6.45) is -0.395. The van der Waals surface area contributed by atoms with Crippen LogP contribution in [0.15, 0.2) is 36.4 Å². The minimum absolute atomic E-state index is 0.188. The summed E-state index contributed by atoms with van der Waals surface area (Å²) >= 11 is 0. The molecule has 4 rings (SSSR count). The third-order valence-electron chi connectivity index (χ3n) is 5.88. The van der Waals surface area contributed by atoms with E-state index in [9.17, 15) is 18.7 Å². The standard InChI is InChI=1S/C24H26F2N4O2/c1-14-12-18(15(2)27-19-7-5-4-6-17(19)23(31)32)21-20(13-14)28-16(3)22(29-21)30-10-8-24(25,26)9-11-30/h4-7,12-13,15,27H,8-11H2,1-3H3,(H,31,32). The van der Waals surface area contributed by atoms with Crippen molar-refractivity contribution in [1.29, 1.82) is 0 Å². The Morgan fingerprint density at radius 2 is 1.84 bits per heavy atom. The van der Waals surface area contributed by atoms with Crippen molar-refractivity contribution in [2.75, 3.05) is 23.3 Å². The highest BCUT2D eigenvalue weighted by atomic mass is 19.3. The van der Waals surface area contributed by atoms with Crippen molar-refractivity contribution in [3.05, 3.63) is 58.8 Å². The second-order valence-corrected chi connectivity index (χ2v) is 8.41. The van der Waals surface area contributed by atoms with Crippen LogP contribution in [0.5, 0.6) is 0 Å². The summed E-state index contributed by atoms with van der Waals surface area (Å²) in [5, 5.41) is 12.8. The van der Waals surface area contributed by atoms with Gasteiger partial charge in [0.25, 0.3) is 5.92 Å². The summed E-state index contributed by atoms with van der Waals surface area (Å²) in [4.78, 5) is 23.1. The summed E-state index contributed by atoms with van der Waals surface area (Å²) in [7, 11) is 0. The van der Waals surface area contributed by atoms with Crippen LogP contribution >= 0.6 is 0 Å². The molecule has 3 aromatic rings. The van der Waals surface area contributed by atoms with Crippen molar-refractivity contribution in [3.8, 4) is 0 Å². The Bertz CT molecular complexity index is 1170. The molecule has 32 heavy (non-hydrogen) atoms. The third-order valence-corrected chi connectivity index (χ3v) is 5.88. The number of hydrogen-bond acceptors (Lipinski definition) is 5. The van der Waals surface area contributed by atoms with Crippen LogP contribution in [0.2, 0.25) is 0 Å². The molecule has 1 aliphatic heterocycles. The number of aromatic carboxylic acids is 1. The van der Waals surface area contributed by atoms with Crippen molar-refractivity contribution < 1.29 is 18.7 Å². The fraction of sp³-hybridized carbons (Fsp3) is 0.375. The van der Waals surface area contributed by atoms with Crippen LogP contribution in [0.4, 0.5) is 20.3 Å². The van der Waals surface area contributed by atoms with E-state index in [1.54, 1.807) is 24.3 Å². The second kappa shape index (κ2) is 8.33. The van der Waals surface area contributed by atoms with Crippen LogP contribution < -0.4 is 10.2 Å². The number of carbonyl (C=O) groups is 1. The van der Waals surface area contributed by atoms with Crippen LogP contribution in [-0.4, -0.2) is 40.1 Å². The van der Waals surface area contributed by atoms with E-state index >= 15 is 0 Å². The number of aromatic nitrogens is 2. The van der Waals surface area contributed by atoms with Gasteiger partial charge in [0.15, 0.2) is 5.82 Å². The molecule has 6 nitrogen and oxygen atoms in total. The summed E-state index contributed by atoms with van der Waals surface area (Å²) in [5.74, 6) is -3.02. The van der Waals surface area contributed by atoms with Gasteiger partial charge >= 0.3 is 5.97 Å². The Balaban J connectivity index is 1.73. The smallest absolute Gasteiger partial charge is 0.337 e. The zero-order chi connectivity index (χ0) is 23.0. The molecular weight excluding hydrogens is 414 g/mol. The Morgan fingerprint density at radius 3 is 2.53 bits per heavy atom. The lowest BCUT2D eigenvalue weighted by Crippen LogP contribution is -2.40. The summed E-state index contributed by atoms with van der Waals surface area (Å²) < 4.78 is 27.3. The van der Waals surface area contributed by atoms with Crippen molar-refractivity contribution in [3.63, 3.8) is 0 Å². The number of rotatable bonds is 5. The molecule has 1 fully saturated rings. The van der Waals surface area contributed by atoms with Gasteiger partial charge in [0.1, 0.15) is 0 Å². The predicted molar refractivity (Wildman–Crippen MR) is 121 cm³/mol. The highest BCUT2D eigenvalue weighted by molar-refractivity contribution is 5.94. The molecule has 0 spiro atoms. The number of nitrogens with zero attached hydrogens (tertiary/aromatic N) is 3. The van der Waals surface area contributed by atoms with Gasteiger partial charge in [-0.2, -0.15) is 0 Å². The largest absolute Gasteiger partial charge is 0.478 e. The van der Waals surface area contributed by atoms with Gasteiger partial charge in [0.05, 0.1) is 28.3 Å². The number of nitrogens with one attached hydrogen (secondary N) is 1. The van der Waals surface area contributed by atoms with Crippen LogP contribution in [0.25, 0.3) is 11.0 Å². The number of piperidine rings is 1. The quantitative estimate of drug-likeness (QED) is 0.557. The van der Waals surface area contributed by atoms with Crippen molar-refractivity contribution in [1.82, 2.24) is 9.97 Å². The zero-order valence-electron chi connectivity index (χ0n) is 18.3. The SMILES string of the molecule is Cc1cc(C(C)Nc2ccccc2C(=O)O)c2nc(N3CCC(F)(F)CC3)c(C)nc2c1. The number of benzene rings is 2. The molecular formula is C24H26F2N4O2. The van der Waals surface area contributed by atoms with Crippen LogP contribution in [0.1, 0.15) is 53.0 Å². The first-order chi connectivity index (χ1) is 15.1. The van der Waals surface area contributed by atoms with Gasteiger partial charge in [-0.25, -0.2) is 23.5 Å². The summed E-state index contributed by atoms with van der Waals surface area (Å²) in [5.41, 5.74) is 4.69. The van der Waals surface area contributed by atoms with Crippen molar-refractivity contribution >= 4 is 28.5 Å². The molecule has 1 aliphatic rings. The number of para-hydroxylation sites is 1. The molecule has 0 saturated carbocycles. The fourth-order valence-corrected chi connectivity index (χ4v) is 4.19. The molecule has 0 radical (unpaired) electrons. The van der Waals surface area contributed by atoms with E-state index in [1.165, 1.54) is 0 Å². The van der Waals surface area contributed by atoms with E-state index in [1.807, 2.05) is 37.8 Å². The molecule has 2 N–H and O–H groups in total. The van der Waals surface area contributed by atoms with E-state index in [2.05, 4.69) is 5.32 Å². The fourth-order valence-electron chi connectivity index (χ4n) is 4.19. The van der Waals surface area contributed by atoms with Gasteiger partial charge in [-0.15, -0.1) is 0 Å². The highest BCUT2D eigenvalue weighted by Gasteiger charge is 2.35. The minimum Gasteiger partial charge on any atom is -0.478 e. The first kappa shape index (κ1) is 21.9. The lowest BCUT2D eigenvalue weighted by atomic mass is 10.0. The molecule has 2 aromatic carbocycles. The monoisotopic (exact) mass is 440 g/mol. The Kier molecular flexibility index (Phi) is 5.71. The van der Waals surface area contributed by atoms with E-state index in [-0.39, 0.29) is 37.5 Å². The maximum atomic E-state index is 13.6. The number of halogens is 2. The Morgan fingerprint density at radius 1 is 1.16 bits per heavy atom. The molecule has 168 valence electrons. The number of carboxylic acid groups (broad SMARTS) is 1. The number of aryl methyl sites for hydroxylation is 2. The minimum atomic E-state index is -2.63. The van der Waals surface area contributed by atoms with Gasteiger partial charge in [-0.1, -0.05) is 18.2 Å². The van der Waals surface area contributed by atoms with Gasteiger partial charge in [0.2, 0.25) is 0 Å². The maximum absolute atomic E-state index is 13.6. The van der Waals surface area contributed by atoms with E-state index in [4.69, 9.17) is 9.97 Å². The zero-order valence-corrected chi connectivity index (χ0v) is 18.3. The molecule has 1 aromatic heterocycles. The lowest BCUT2D eigenvalue weighted by Gasteiger charge is -2.33. The highest BCUT2D eigenvalue weighted by Crippen LogP contribution is 2.33. The number of hydrogen-bond donors (Lipinski definition) is 2. The molecule has 0 aliphatic carbocycles. The van der Waals surface area contributed by atoms with E-state index < -0.39 is 11.9 Å². The second-order valence-electron chi connectivity index (χ2n) is 8.41. The van der Waals surface area contributed by atoms with Crippen molar-refractivity contribution in [2.45, 2.75) is 45.6 Å². The topological polar surface area (TPSA) is 78.3 Å². The summed E-state index contributed by atoms with van der Waals surface area (Å²) in [6, 6.07) is 10.4. The average molecular weight is 440 g/mol. The average Bonchev–Trinajstić information content (AvgIpc) is 2.73. The first-order valence-corrected chi connectivity index (χ1v) is 10.7. The molecule has 1 saturated heterocycles. The van der Waals surface area contributed by atoms with Crippen molar-refractivity contribution in [2.24, 2.45) is 0 Å².